The largest absolute Gasteiger partial charge is 0.473 e. The highest BCUT2D eigenvalue weighted by Gasteiger charge is 2.12. The number of benzene rings is 4. The molecule has 0 spiro atoms. The number of pyridine rings is 2. The van der Waals surface area contributed by atoms with E-state index in [1.54, 1.807) is 67.0 Å². The molecule has 2 aromatic heterocycles. The molecule has 0 aliphatic rings. The van der Waals surface area contributed by atoms with E-state index >= 15 is 0 Å². The van der Waals surface area contributed by atoms with Crippen molar-refractivity contribution < 1.29 is 18.9 Å². The van der Waals surface area contributed by atoms with Crippen LogP contribution in [-0.4, -0.2) is 9.97 Å². The number of allylic oxidation sites excluding steroid dienone is 1. The van der Waals surface area contributed by atoms with Crippen LogP contribution in [0.2, 0.25) is 10.0 Å². The highest BCUT2D eigenvalue weighted by molar-refractivity contribution is 6.31. The first-order chi connectivity index (χ1) is 26.3. The maximum Gasteiger partial charge on any atom is 0.217 e. The lowest BCUT2D eigenvalue weighted by Gasteiger charge is -2.13. The highest BCUT2D eigenvalue weighted by atomic mass is 35.5. The summed E-state index contributed by atoms with van der Waals surface area (Å²) in [5.41, 5.74) is 4.82. The van der Waals surface area contributed by atoms with E-state index < -0.39 is 0 Å². The molecule has 0 atom stereocenters. The molecule has 8 nitrogen and oxygen atoms in total. The zero-order valence-electron chi connectivity index (χ0n) is 29.5. The Balaban J connectivity index is 0.000000208. The van der Waals surface area contributed by atoms with E-state index in [2.05, 4.69) is 35.6 Å². The van der Waals surface area contributed by atoms with Crippen molar-refractivity contribution in [2.75, 3.05) is 0 Å². The van der Waals surface area contributed by atoms with E-state index in [-0.39, 0.29) is 0 Å². The smallest absolute Gasteiger partial charge is 0.217 e. The molecule has 0 radical (unpaired) electrons. The van der Waals surface area contributed by atoms with E-state index in [1.807, 2.05) is 60.7 Å². The van der Waals surface area contributed by atoms with Gasteiger partial charge in [0, 0.05) is 45.7 Å². The van der Waals surface area contributed by atoms with Crippen LogP contribution in [0.5, 0.6) is 34.8 Å². The Kier molecular flexibility index (Phi) is 14.5. The Labute approximate surface area is 325 Å². The van der Waals surface area contributed by atoms with Crippen LogP contribution in [0.15, 0.2) is 134 Å². The molecule has 0 saturated heterocycles. The molecule has 54 heavy (non-hydrogen) atoms. The molecule has 0 aliphatic heterocycles. The number of nitriles is 2. The van der Waals surface area contributed by atoms with Crippen LogP contribution in [-0.2, 0) is 26.1 Å². The zero-order valence-corrected chi connectivity index (χ0v) is 31.1. The average molecular weight is 756 g/mol. The molecule has 0 aliphatic carbocycles. The van der Waals surface area contributed by atoms with Crippen LogP contribution in [0.1, 0.15) is 46.7 Å². The SMILES string of the molecule is C=CCc1cnc(OCc2ccccc2)cc1Oc1cc(Cl)cc(C#N)c1.CCCc1cnc(OCc2ccccc2)cc1Oc1cc(Cl)cc(C#N)c1. The minimum absolute atomic E-state index is 0.407. The zero-order chi connectivity index (χ0) is 38.1. The van der Waals surface area contributed by atoms with Crippen molar-refractivity contribution in [1.82, 2.24) is 9.97 Å². The summed E-state index contributed by atoms with van der Waals surface area (Å²) in [7, 11) is 0. The molecular weight excluding hydrogens is 719 g/mol. The molecule has 4 aromatic carbocycles. The van der Waals surface area contributed by atoms with Gasteiger partial charge in [0.15, 0.2) is 0 Å². The van der Waals surface area contributed by atoms with Crippen molar-refractivity contribution in [3.63, 3.8) is 0 Å². The molecule has 2 heterocycles. The van der Waals surface area contributed by atoms with Gasteiger partial charge in [0.1, 0.15) is 36.2 Å². The number of hydrogen-bond donors (Lipinski definition) is 0. The van der Waals surface area contributed by atoms with Gasteiger partial charge in [-0.1, -0.05) is 103 Å². The third-order valence-electron chi connectivity index (χ3n) is 7.64. The highest BCUT2D eigenvalue weighted by Crippen LogP contribution is 2.33. The Hall–Kier alpha value is -6.32. The monoisotopic (exact) mass is 754 g/mol. The van der Waals surface area contributed by atoms with Crippen molar-refractivity contribution in [3.05, 3.63) is 178 Å². The van der Waals surface area contributed by atoms with Gasteiger partial charge in [-0.15, -0.1) is 6.58 Å². The van der Waals surface area contributed by atoms with Gasteiger partial charge >= 0.3 is 0 Å². The number of hydrogen-bond acceptors (Lipinski definition) is 8. The van der Waals surface area contributed by atoms with Crippen molar-refractivity contribution in [3.8, 4) is 46.9 Å². The van der Waals surface area contributed by atoms with Gasteiger partial charge in [0.2, 0.25) is 11.8 Å². The molecule has 0 unspecified atom stereocenters. The lowest BCUT2D eigenvalue weighted by molar-refractivity contribution is 0.292. The lowest BCUT2D eigenvalue weighted by atomic mass is 10.1. The third kappa shape index (κ3) is 11.9. The predicted octanol–water partition coefficient (Wildman–Crippen LogP) is 11.6. The van der Waals surface area contributed by atoms with Crippen molar-refractivity contribution in [2.45, 2.75) is 39.4 Å². The van der Waals surface area contributed by atoms with Gasteiger partial charge in [-0.05, 0) is 60.4 Å². The average Bonchev–Trinajstić information content (AvgIpc) is 3.18. The summed E-state index contributed by atoms with van der Waals surface area (Å²) in [4.78, 5) is 8.72. The Morgan fingerprint density at radius 3 is 1.56 bits per heavy atom. The maximum atomic E-state index is 9.12. The van der Waals surface area contributed by atoms with Crippen molar-refractivity contribution >= 4 is 23.2 Å². The Morgan fingerprint density at radius 2 is 1.11 bits per heavy atom. The van der Waals surface area contributed by atoms with E-state index in [9.17, 15) is 0 Å². The molecule has 0 bridgehead atoms. The minimum Gasteiger partial charge on any atom is -0.473 e. The molecule has 10 heteroatoms. The van der Waals surface area contributed by atoms with Crippen LogP contribution < -0.4 is 18.9 Å². The first kappa shape index (κ1) is 38.9. The molecular formula is C44H36Cl2N4O4. The van der Waals surface area contributed by atoms with Gasteiger partial charge in [0.05, 0.1) is 23.3 Å². The predicted molar refractivity (Wildman–Crippen MR) is 210 cm³/mol. The van der Waals surface area contributed by atoms with Crippen molar-refractivity contribution in [2.24, 2.45) is 0 Å². The fraction of sp³-hybridized carbons (Fsp3) is 0.136. The van der Waals surface area contributed by atoms with E-state index in [4.69, 9.17) is 52.7 Å². The van der Waals surface area contributed by atoms with E-state index in [1.165, 1.54) is 0 Å². The number of aromatic nitrogens is 2. The second-order valence-corrected chi connectivity index (χ2v) is 12.7. The molecule has 6 rings (SSSR count). The summed E-state index contributed by atoms with van der Waals surface area (Å²) >= 11 is 12.1. The Morgan fingerprint density at radius 1 is 0.648 bits per heavy atom. The summed E-state index contributed by atoms with van der Waals surface area (Å²) in [5, 5.41) is 19.1. The van der Waals surface area contributed by atoms with Gasteiger partial charge in [0.25, 0.3) is 0 Å². The molecule has 270 valence electrons. The summed E-state index contributed by atoms with van der Waals surface area (Å²) in [5.74, 6) is 3.15. The summed E-state index contributed by atoms with van der Waals surface area (Å²) in [6.07, 6.45) is 7.62. The number of halogens is 2. The summed E-state index contributed by atoms with van der Waals surface area (Å²) in [6.45, 7) is 6.69. The first-order valence-electron chi connectivity index (χ1n) is 17.0. The molecule has 0 fully saturated rings. The number of rotatable bonds is 14. The summed E-state index contributed by atoms with van der Waals surface area (Å²) in [6, 6.07) is 37.2. The van der Waals surface area contributed by atoms with E-state index in [0.29, 0.717) is 75.6 Å². The topological polar surface area (TPSA) is 110 Å². The fourth-order valence-electron chi connectivity index (χ4n) is 5.10. The van der Waals surface area contributed by atoms with Crippen LogP contribution >= 0.6 is 23.2 Å². The molecule has 0 amide bonds. The number of nitrogens with zero attached hydrogens (tertiary/aromatic N) is 4. The quantitative estimate of drug-likeness (QED) is 0.101. The Bertz CT molecular complexity index is 2250. The van der Waals surface area contributed by atoms with Gasteiger partial charge in [-0.25, -0.2) is 9.97 Å². The third-order valence-corrected chi connectivity index (χ3v) is 8.07. The molecule has 0 N–H and O–H groups in total. The van der Waals surface area contributed by atoms with Crippen LogP contribution in [0.25, 0.3) is 0 Å². The second kappa shape index (κ2) is 20.1. The maximum absolute atomic E-state index is 9.12. The van der Waals surface area contributed by atoms with Crippen molar-refractivity contribution in [1.29, 1.82) is 10.5 Å². The minimum atomic E-state index is 0.407. The number of ether oxygens (including phenoxy) is 4. The van der Waals surface area contributed by atoms with Crippen LogP contribution in [0, 0.1) is 22.7 Å². The van der Waals surface area contributed by atoms with Crippen LogP contribution in [0.3, 0.4) is 0 Å². The first-order valence-corrected chi connectivity index (χ1v) is 17.8. The summed E-state index contributed by atoms with van der Waals surface area (Å²) < 4.78 is 23.6. The van der Waals surface area contributed by atoms with Gasteiger partial charge in [-0.3, -0.25) is 0 Å². The van der Waals surface area contributed by atoms with Gasteiger partial charge < -0.3 is 18.9 Å². The van der Waals surface area contributed by atoms with Gasteiger partial charge in [-0.2, -0.15) is 10.5 Å². The second-order valence-electron chi connectivity index (χ2n) is 11.8. The lowest BCUT2D eigenvalue weighted by Crippen LogP contribution is -2.00. The fourth-order valence-corrected chi connectivity index (χ4v) is 5.55. The molecule has 6 aromatic rings. The normalized spacial score (nSPS) is 10.2. The standard InChI is InChI=1S/C22H19ClN2O2.C22H17ClN2O2/c2*1-2-6-18-14-25-22(26-15-16-7-4-3-5-8-16)12-21(18)27-20-10-17(13-24)9-19(23)11-20/h3-5,7-12,14H,2,6,15H2,1H3;2-5,7-12,14H,1,6,15H2. The van der Waals surface area contributed by atoms with E-state index in [0.717, 1.165) is 35.1 Å². The number of aryl methyl sites for hydroxylation is 1. The van der Waals surface area contributed by atoms with Crippen LogP contribution in [0.4, 0.5) is 0 Å². The molecule has 0 saturated carbocycles.